The molecule has 4 rings (SSSR count). The third kappa shape index (κ3) is 4.50. The summed E-state index contributed by atoms with van der Waals surface area (Å²) < 4.78 is 8.03. The Morgan fingerprint density at radius 2 is 1.73 bits per heavy atom. The monoisotopic (exact) mass is 455 g/mol. The summed E-state index contributed by atoms with van der Waals surface area (Å²) in [6.07, 6.45) is 0.900. The van der Waals surface area contributed by atoms with Crippen LogP contribution in [0.3, 0.4) is 0 Å². The molecule has 0 unspecified atom stereocenters. The van der Waals surface area contributed by atoms with Gasteiger partial charge in [-0.1, -0.05) is 6.07 Å². The van der Waals surface area contributed by atoms with Crippen molar-refractivity contribution in [1.29, 1.82) is 0 Å². The molecule has 0 spiro atoms. The molecule has 1 aromatic carbocycles. The minimum absolute atomic E-state index is 0.0110. The highest BCUT2D eigenvalue weighted by Crippen LogP contribution is 2.33. The van der Waals surface area contributed by atoms with Crippen LogP contribution in [0.4, 0.5) is 11.5 Å². The standard InChI is InChI=1S/C23H29N5O5/c1-16-6-7-18-17(13-16)28(22(31)15-33-18)8-4-5-20(29)27-11-9-26(10-12-27)19-14-21(30)25(3)23(32)24(19)2/h6-7,13-14H,4-5,8-12,15H2,1-3H3. The first-order valence-corrected chi connectivity index (χ1v) is 11.1. The minimum Gasteiger partial charge on any atom is -0.482 e. The second kappa shape index (κ2) is 9.13. The quantitative estimate of drug-likeness (QED) is 0.641. The van der Waals surface area contributed by atoms with Crippen LogP contribution in [0.2, 0.25) is 0 Å². The van der Waals surface area contributed by atoms with Crippen LogP contribution in [-0.4, -0.2) is 65.2 Å². The van der Waals surface area contributed by atoms with E-state index in [4.69, 9.17) is 4.74 Å². The number of carbonyl (C=O) groups is 2. The topological polar surface area (TPSA) is 97.1 Å². The third-order valence-electron chi connectivity index (χ3n) is 6.29. The Kier molecular flexibility index (Phi) is 6.26. The summed E-state index contributed by atoms with van der Waals surface area (Å²) in [5, 5.41) is 0. The van der Waals surface area contributed by atoms with Crippen LogP contribution in [0.1, 0.15) is 18.4 Å². The van der Waals surface area contributed by atoms with Crippen molar-refractivity contribution < 1.29 is 14.3 Å². The van der Waals surface area contributed by atoms with E-state index in [2.05, 4.69) is 0 Å². The van der Waals surface area contributed by atoms with Crippen LogP contribution in [0.5, 0.6) is 5.75 Å². The maximum absolute atomic E-state index is 12.8. The van der Waals surface area contributed by atoms with Crippen molar-refractivity contribution in [1.82, 2.24) is 14.0 Å². The lowest BCUT2D eigenvalue weighted by molar-refractivity contribution is -0.131. The Morgan fingerprint density at radius 3 is 2.45 bits per heavy atom. The molecule has 0 aliphatic carbocycles. The fraction of sp³-hybridized carbons (Fsp3) is 0.478. The summed E-state index contributed by atoms with van der Waals surface area (Å²) in [7, 11) is 3.09. The minimum atomic E-state index is -0.370. The number of rotatable bonds is 5. The molecule has 2 aliphatic heterocycles. The number of aromatic nitrogens is 2. The van der Waals surface area contributed by atoms with Gasteiger partial charge in [-0.3, -0.25) is 23.5 Å². The van der Waals surface area contributed by atoms with Crippen LogP contribution in [-0.2, 0) is 23.7 Å². The number of anilines is 2. The van der Waals surface area contributed by atoms with Gasteiger partial charge in [-0.05, 0) is 31.0 Å². The maximum Gasteiger partial charge on any atom is 0.332 e. The average Bonchev–Trinajstić information content (AvgIpc) is 2.81. The SMILES string of the molecule is Cc1ccc2c(c1)N(CCCC(=O)N1CCN(c3cc(=O)n(C)c(=O)n3C)CC1)C(=O)CO2. The highest BCUT2D eigenvalue weighted by atomic mass is 16.5. The molecule has 2 aliphatic rings. The molecule has 0 atom stereocenters. The fourth-order valence-electron chi connectivity index (χ4n) is 4.31. The lowest BCUT2D eigenvalue weighted by atomic mass is 10.1. The first-order valence-electron chi connectivity index (χ1n) is 11.1. The zero-order chi connectivity index (χ0) is 23.7. The molecule has 10 heteroatoms. The van der Waals surface area contributed by atoms with Crippen LogP contribution in [0.15, 0.2) is 33.9 Å². The van der Waals surface area contributed by atoms with E-state index in [1.807, 2.05) is 30.0 Å². The number of hydrogen-bond donors (Lipinski definition) is 0. The van der Waals surface area contributed by atoms with E-state index in [9.17, 15) is 19.2 Å². The summed E-state index contributed by atoms with van der Waals surface area (Å²) in [5.74, 6) is 1.19. The first-order chi connectivity index (χ1) is 15.8. The van der Waals surface area contributed by atoms with Crippen molar-refractivity contribution >= 4 is 23.3 Å². The van der Waals surface area contributed by atoms with Crippen molar-refractivity contribution in [3.8, 4) is 5.75 Å². The van der Waals surface area contributed by atoms with Gasteiger partial charge in [0.05, 0.1) is 5.69 Å². The number of amides is 2. The molecule has 1 fully saturated rings. The summed E-state index contributed by atoms with van der Waals surface area (Å²) >= 11 is 0. The molecular weight excluding hydrogens is 426 g/mol. The Labute approximate surface area is 191 Å². The summed E-state index contributed by atoms with van der Waals surface area (Å²) in [5.41, 5.74) is 1.08. The smallest absolute Gasteiger partial charge is 0.332 e. The summed E-state index contributed by atoms with van der Waals surface area (Å²) in [4.78, 5) is 54.8. The van der Waals surface area contributed by atoms with E-state index < -0.39 is 0 Å². The van der Waals surface area contributed by atoms with E-state index in [-0.39, 0.29) is 29.7 Å². The van der Waals surface area contributed by atoms with E-state index in [0.717, 1.165) is 15.8 Å². The summed E-state index contributed by atoms with van der Waals surface area (Å²) in [6.45, 7) is 4.55. The van der Waals surface area contributed by atoms with Crippen molar-refractivity contribution in [3.05, 3.63) is 50.7 Å². The normalized spacial score (nSPS) is 16.0. The first kappa shape index (κ1) is 22.6. The number of piperazine rings is 1. The Bertz CT molecular complexity index is 1190. The predicted molar refractivity (Wildman–Crippen MR) is 124 cm³/mol. The second-order valence-electron chi connectivity index (χ2n) is 8.52. The Morgan fingerprint density at radius 1 is 1.00 bits per heavy atom. The van der Waals surface area contributed by atoms with Gasteiger partial charge in [0.2, 0.25) is 5.91 Å². The Hall–Kier alpha value is -3.56. The Balaban J connectivity index is 1.32. The molecule has 0 N–H and O–H groups in total. The molecule has 2 aromatic rings. The van der Waals surface area contributed by atoms with Crippen molar-refractivity contribution in [2.75, 3.05) is 49.1 Å². The lowest BCUT2D eigenvalue weighted by Gasteiger charge is -2.36. The second-order valence-corrected chi connectivity index (χ2v) is 8.52. The predicted octanol–water partition coefficient (Wildman–Crippen LogP) is 0.247. The molecule has 1 aromatic heterocycles. The van der Waals surface area contributed by atoms with Gasteiger partial charge in [0.25, 0.3) is 11.5 Å². The van der Waals surface area contributed by atoms with Gasteiger partial charge in [0.15, 0.2) is 6.61 Å². The molecule has 0 bridgehead atoms. The molecule has 3 heterocycles. The van der Waals surface area contributed by atoms with Crippen molar-refractivity contribution in [2.24, 2.45) is 14.1 Å². The molecular formula is C23H29N5O5. The molecule has 176 valence electrons. The number of nitrogens with zero attached hydrogens (tertiary/aromatic N) is 5. The number of fused-ring (bicyclic) bond motifs is 1. The molecule has 0 radical (unpaired) electrons. The number of hydrogen-bond acceptors (Lipinski definition) is 6. The van der Waals surface area contributed by atoms with Gasteiger partial charge in [0, 0.05) is 59.3 Å². The number of carbonyl (C=O) groups excluding carboxylic acids is 2. The number of ether oxygens (including phenoxy) is 1. The zero-order valence-electron chi connectivity index (χ0n) is 19.2. The zero-order valence-corrected chi connectivity index (χ0v) is 19.2. The maximum atomic E-state index is 12.8. The summed E-state index contributed by atoms with van der Waals surface area (Å²) in [6, 6.07) is 7.20. The third-order valence-corrected chi connectivity index (χ3v) is 6.29. The van der Waals surface area contributed by atoms with E-state index in [1.165, 1.54) is 17.7 Å². The number of aryl methyl sites for hydroxylation is 1. The molecule has 0 saturated carbocycles. The largest absolute Gasteiger partial charge is 0.482 e. The van der Waals surface area contributed by atoms with E-state index in [1.54, 1.807) is 16.8 Å². The van der Waals surface area contributed by atoms with Crippen LogP contribution in [0, 0.1) is 6.92 Å². The fourth-order valence-corrected chi connectivity index (χ4v) is 4.31. The van der Waals surface area contributed by atoms with Gasteiger partial charge >= 0.3 is 5.69 Å². The lowest BCUT2D eigenvalue weighted by Crippen LogP contribution is -2.51. The van der Waals surface area contributed by atoms with Gasteiger partial charge in [-0.2, -0.15) is 0 Å². The molecule has 10 nitrogen and oxygen atoms in total. The molecule has 33 heavy (non-hydrogen) atoms. The van der Waals surface area contributed by atoms with E-state index in [0.29, 0.717) is 57.1 Å². The highest BCUT2D eigenvalue weighted by molar-refractivity contribution is 5.98. The average molecular weight is 456 g/mol. The van der Waals surface area contributed by atoms with Crippen LogP contribution >= 0.6 is 0 Å². The van der Waals surface area contributed by atoms with Crippen molar-refractivity contribution in [3.63, 3.8) is 0 Å². The van der Waals surface area contributed by atoms with Gasteiger partial charge < -0.3 is 19.4 Å². The van der Waals surface area contributed by atoms with Crippen molar-refractivity contribution in [2.45, 2.75) is 19.8 Å². The van der Waals surface area contributed by atoms with Crippen LogP contribution < -0.4 is 25.8 Å². The van der Waals surface area contributed by atoms with Gasteiger partial charge in [0.1, 0.15) is 11.6 Å². The highest BCUT2D eigenvalue weighted by Gasteiger charge is 2.27. The van der Waals surface area contributed by atoms with Crippen LogP contribution in [0.25, 0.3) is 0 Å². The molecule has 1 saturated heterocycles. The van der Waals surface area contributed by atoms with E-state index >= 15 is 0 Å². The van der Waals surface area contributed by atoms with Gasteiger partial charge in [-0.15, -0.1) is 0 Å². The van der Waals surface area contributed by atoms with Gasteiger partial charge in [-0.25, -0.2) is 4.79 Å². The molecule has 2 amide bonds. The number of benzene rings is 1.